The van der Waals surface area contributed by atoms with E-state index in [1.807, 2.05) is 18.3 Å². The number of nitrogens with one attached hydrogen (secondary N) is 1. The lowest BCUT2D eigenvalue weighted by Gasteiger charge is -2.59. The Kier molecular flexibility index (Phi) is 5.95. The van der Waals surface area contributed by atoms with Crippen molar-refractivity contribution in [2.75, 3.05) is 18.5 Å². The summed E-state index contributed by atoms with van der Waals surface area (Å²) in [6, 6.07) is 5.88. The Morgan fingerprint density at radius 2 is 1.97 bits per heavy atom. The number of benzene rings is 1. The van der Waals surface area contributed by atoms with Crippen molar-refractivity contribution in [3.05, 3.63) is 46.7 Å². The van der Waals surface area contributed by atoms with Crippen LogP contribution in [0.15, 0.2) is 30.6 Å². The van der Waals surface area contributed by atoms with E-state index in [1.165, 1.54) is 19.3 Å². The van der Waals surface area contributed by atoms with Gasteiger partial charge in [0.25, 0.3) is 0 Å². The quantitative estimate of drug-likeness (QED) is 0.436. The number of pyridine rings is 1. The highest BCUT2D eigenvalue weighted by Crippen LogP contribution is 2.64. The Balaban J connectivity index is 1.38. The van der Waals surface area contributed by atoms with Crippen LogP contribution >= 0.6 is 11.6 Å². The molecule has 3 aromatic rings. The van der Waals surface area contributed by atoms with Gasteiger partial charge in [-0.3, -0.25) is 4.98 Å². The molecule has 36 heavy (non-hydrogen) atoms. The van der Waals surface area contributed by atoms with E-state index in [9.17, 15) is 10.2 Å². The fourth-order valence-electron chi connectivity index (χ4n) is 6.46. The molecule has 3 heterocycles. The highest BCUT2D eigenvalue weighted by atomic mass is 35.5. The highest BCUT2D eigenvalue weighted by Gasteiger charge is 2.57. The van der Waals surface area contributed by atoms with Crippen molar-refractivity contribution in [2.24, 2.45) is 5.41 Å². The molecule has 3 fully saturated rings. The smallest absolute Gasteiger partial charge is 0.223 e. The number of ether oxygens (including phenoxy) is 1. The van der Waals surface area contributed by atoms with E-state index in [0.29, 0.717) is 41.7 Å². The molecule has 0 amide bonds. The molecule has 2 saturated carbocycles. The maximum Gasteiger partial charge on any atom is 0.223 e. The summed E-state index contributed by atoms with van der Waals surface area (Å²) < 4.78 is 5.32. The summed E-state index contributed by atoms with van der Waals surface area (Å²) in [5.41, 5.74) is 4.02. The van der Waals surface area contributed by atoms with Gasteiger partial charge in [0.05, 0.1) is 46.8 Å². The van der Waals surface area contributed by atoms with E-state index in [-0.39, 0.29) is 12.0 Å². The van der Waals surface area contributed by atoms with Crippen LogP contribution in [-0.2, 0) is 10.3 Å². The molecule has 1 spiro atoms. The van der Waals surface area contributed by atoms with Crippen molar-refractivity contribution < 1.29 is 14.9 Å². The lowest BCUT2D eigenvalue weighted by molar-refractivity contribution is -0.169. The van der Waals surface area contributed by atoms with Gasteiger partial charge in [0.1, 0.15) is 0 Å². The Labute approximate surface area is 216 Å². The van der Waals surface area contributed by atoms with Crippen LogP contribution in [0.5, 0.6) is 0 Å². The summed E-state index contributed by atoms with van der Waals surface area (Å²) in [6.45, 7) is 5.22. The molecule has 3 N–H and O–H groups in total. The standard InChI is InChI=1S/C28H33ClN4O3/c1-16(2)24-18-10-17(25-20(29)12-31-26(33-25)32-22-6-9-36-13-23(22)34)4-5-21(18)30-11-19(24)28(35)14-27(15-28)7-3-8-27/h4-5,10-12,16,22-23,34-35H,3,6-9,13-15H2,1-2H3,(H,31,32,33)/t22-,23-/m1/s1. The Morgan fingerprint density at radius 1 is 1.17 bits per heavy atom. The van der Waals surface area contributed by atoms with Gasteiger partial charge in [-0.05, 0) is 61.1 Å². The van der Waals surface area contributed by atoms with E-state index < -0.39 is 11.7 Å². The average molecular weight is 509 g/mol. The van der Waals surface area contributed by atoms with Crippen LogP contribution in [0.25, 0.3) is 22.2 Å². The molecule has 0 radical (unpaired) electrons. The van der Waals surface area contributed by atoms with E-state index >= 15 is 0 Å². The van der Waals surface area contributed by atoms with E-state index in [0.717, 1.165) is 40.4 Å². The van der Waals surface area contributed by atoms with Gasteiger partial charge in [-0.1, -0.05) is 37.9 Å². The van der Waals surface area contributed by atoms with Crippen molar-refractivity contribution >= 4 is 28.5 Å². The maximum absolute atomic E-state index is 11.6. The minimum absolute atomic E-state index is 0.175. The first-order chi connectivity index (χ1) is 17.3. The number of aliphatic hydroxyl groups excluding tert-OH is 1. The third-order valence-corrected chi connectivity index (χ3v) is 8.67. The van der Waals surface area contributed by atoms with Crippen LogP contribution in [0.4, 0.5) is 5.95 Å². The van der Waals surface area contributed by atoms with Crippen molar-refractivity contribution in [3.63, 3.8) is 0 Å². The number of fused-ring (bicyclic) bond motifs is 1. The van der Waals surface area contributed by atoms with Gasteiger partial charge in [-0.2, -0.15) is 0 Å². The molecule has 8 heteroatoms. The van der Waals surface area contributed by atoms with Crippen LogP contribution in [0.2, 0.25) is 5.02 Å². The third-order valence-electron chi connectivity index (χ3n) is 8.40. The first-order valence-electron chi connectivity index (χ1n) is 13.0. The fraction of sp³-hybridized carbons (Fsp3) is 0.536. The molecule has 3 aliphatic rings. The predicted octanol–water partition coefficient (Wildman–Crippen LogP) is 5.18. The molecule has 7 nitrogen and oxygen atoms in total. The number of aromatic nitrogens is 3. The second-order valence-electron chi connectivity index (χ2n) is 11.3. The molecule has 2 aliphatic carbocycles. The molecule has 0 unspecified atom stereocenters. The first kappa shape index (κ1) is 24.0. The summed E-state index contributed by atoms with van der Waals surface area (Å²) in [7, 11) is 0. The van der Waals surface area contributed by atoms with Gasteiger partial charge >= 0.3 is 0 Å². The number of anilines is 1. The summed E-state index contributed by atoms with van der Waals surface area (Å²) in [5, 5.41) is 26.6. The molecule has 1 saturated heterocycles. The lowest BCUT2D eigenvalue weighted by atomic mass is 9.48. The third kappa shape index (κ3) is 4.06. The molecule has 0 bridgehead atoms. The van der Waals surface area contributed by atoms with Crippen LogP contribution in [0, 0.1) is 5.41 Å². The Hall–Kier alpha value is -2.32. The molecule has 190 valence electrons. The van der Waals surface area contributed by atoms with Crippen molar-refractivity contribution in [1.82, 2.24) is 15.0 Å². The zero-order valence-electron chi connectivity index (χ0n) is 20.8. The number of nitrogens with zero attached hydrogens (tertiary/aromatic N) is 3. The molecule has 1 aliphatic heterocycles. The van der Waals surface area contributed by atoms with E-state index in [2.05, 4.69) is 30.2 Å². The summed E-state index contributed by atoms with van der Waals surface area (Å²) in [4.78, 5) is 13.8. The highest BCUT2D eigenvalue weighted by molar-refractivity contribution is 6.33. The zero-order valence-corrected chi connectivity index (χ0v) is 21.6. The number of hydrogen-bond acceptors (Lipinski definition) is 7. The Morgan fingerprint density at radius 3 is 2.67 bits per heavy atom. The number of aliphatic hydroxyl groups is 2. The van der Waals surface area contributed by atoms with Gasteiger partial charge in [0, 0.05) is 29.3 Å². The number of hydrogen-bond donors (Lipinski definition) is 3. The van der Waals surface area contributed by atoms with Crippen molar-refractivity contribution in [3.8, 4) is 11.3 Å². The van der Waals surface area contributed by atoms with E-state index in [4.69, 9.17) is 26.3 Å². The van der Waals surface area contributed by atoms with Crippen molar-refractivity contribution in [1.29, 1.82) is 0 Å². The van der Waals surface area contributed by atoms with E-state index in [1.54, 1.807) is 6.20 Å². The molecule has 2 atom stereocenters. The predicted molar refractivity (Wildman–Crippen MR) is 140 cm³/mol. The summed E-state index contributed by atoms with van der Waals surface area (Å²) >= 11 is 6.57. The Bertz CT molecular complexity index is 1300. The second-order valence-corrected chi connectivity index (χ2v) is 11.7. The van der Waals surface area contributed by atoms with Crippen LogP contribution in [0.3, 0.4) is 0 Å². The summed E-state index contributed by atoms with van der Waals surface area (Å²) in [5.74, 6) is 0.641. The maximum atomic E-state index is 11.6. The minimum atomic E-state index is -0.800. The molecular formula is C28H33ClN4O3. The molecular weight excluding hydrogens is 476 g/mol. The summed E-state index contributed by atoms with van der Waals surface area (Å²) in [6.07, 6.45) is 8.93. The minimum Gasteiger partial charge on any atom is -0.389 e. The lowest BCUT2D eigenvalue weighted by Crippen LogP contribution is -2.53. The number of rotatable bonds is 5. The monoisotopic (exact) mass is 508 g/mol. The largest absolute Gasteiger partial charge is 0.389 e. The average Bonchev–Trinajstić information content (AvgIpc) is 2.82. The second kappa shape index (κ2) is 8.91. The van der Waals surface area contributed by atoms with Crippen LogP contribution in [0.1, 0.15) is 69.4 Å². The molecule has 6 rings (SSSR count). The van der Waals surface area contributed by atoms with Gasteiger partial charge in [0.2, 0.25) is 5.95 Å². The molecule has 1 aromatic carbocycles. The number of halogens is 1. The molecule has 2 aromatic heterocycles. The topological polar surface area (TPSA) is 100 Å². The normalized spacial score (nSPS) is 24.5. The van der Waals surface area contributed by atoms with Gasteiger partial charge < -0.3 is 20.3 Å². The first-order valence-corrected chi connectivity index (χ1v) is 13.4. The fourth-order valence-corrected chi connectivity index (χ4v) is 6.66. The van der Waals surface area contributed by atoms with Crippen molar-refractivity contribution in [2.45, 2.75) is 76.0 Å². The SMILES string of the molecule is CC(C)c1c(C2(O)CC3(CCC3)C2)cnc2ccc(-c3nc(N[C@@H]4CCOC[C@H]4O)ncc3Cl)cc12. The van der Waals surface area contributed by atoms with Gasteiger partial charge in [-0.25, -0.2) is 9.97 Å². The van der Waals surface area contributed by atoms with Gasteiger partial charge in [0.15, 0.2) is 0 Å². The zero-order chi connectivity index (χ0) is 25.1. The van der Waals surface area contributed by atoms with Crippen LogP contribution in [-0.4, -0.2) is 50.5 Å². The van der Waals surface area contributed by atoms with Crippen LogP contribution < -0.4 is 5.32 Å². The van der Waals surface area contributed by atoms with Gasteiger partial charge in [-0.15, -0.1) is 0 Å².